The fourth-order valence-corrected chi connectivity index (χ4v) is 5.99. The maximum atomic E-state index is 13.5. The van der Waals surface area contributed by atoms with Crippen molar-refractivity contribution in [1.29, 1.82) is 0 Å². The van der Waals surface area contributed by atoms with E-state index < -0.39 is 0 Å². The Morgan fingerprint density at radius 2 is 1.83 bits per heavy atom. The van der Waals surface area contributed by atoms with Crippen LogP contribution in [0.5, 0.6) is 0 Å². The Morgan fingerprint density at radius 1 is 1.08 bits per heavy atom. The van der Waals surface area contributed by atoms with Gasteiger partial charge < -0.3 is 5.32 Å². The van der Waals surface area contributed by atoms with Gasteiger partial charge in [-0.05, 0) is 60.0 Å². The van der Waals surface area contributed by atoms with E-state index >= 15 is 0 Å². The Morgan fingerprint density at radius 3 is 2.56 bits per heavy atom. The smallest absolute Gasteiger partial charge is 0.272 e. The molecule has 36 heavy (non-hydrogen) atoms. The molecule has 1 aliphatic rings. The number of carbonyl (C=O) groups excluding carboxylic acids is 1. The van der Waals surface area contributed by atoms with Crippen molar-refractivity contribution in [3.8, 4) is 5.69 Å². The zero-order chi connectivity index (χ0) is 25.2. The zero-order valence-electron chi connectivity index (χ0n) is 19.3. The first-order valence-corrected chi connectivity index (χ1v) is 14.1. The van der Waals surface area contributed by atoms with Crippen LogP contribution in [0.2, 0.25) is 10.0 Å². The highest BCUT2D eigenvalue weighted by Crippen LogP contribution is 2.39. The highest BCUT2D eigenvalue weighted by molar-refractivity contribution is 9.10. The Hall–Kier alpha value is -2.51. The van der Waals surface area contributed by atoms with Gasteiger partial charge in [-0.25, -0.2) is 4.68 Å². The lowest BCUT2D eigenvalue weighted by molar-refractivity contribution is 0.0933. The molecule has 1 amide bonds. The van der Waals surface area contributed by atoms with Gasteiger partial charge in [0.2, 0.25) is 0 Å². The molecule has 0 aliphatic carbocycles. The molecule has 1 atom stereocenters. The van der Waals surface area contributed by atoms with Gasteiger partial charge >= 0.3 is 0 Å². The average molecular weight is 599 g/mol. The third-order valence-electron chi connectivity index (χ3n) is 6.00. The molecule has 2 heterocycles. The van der Waals surface area contributed by atoms with Crippen LogP contribution in [0.25, 0.3) is 17.3 Å². The number of thioether (sulfide) groups is 1. The summed E-state index contributed by atoms with van der Waals surface area (Å²) in [5.74, 6) is 1.26. The van der Waals surface area contributed by atoms with E-state index in [9.17, 15) is 4.79 Å². The van der Waals surface area contributed by atoms with Crippen LogP contribution in [-0.4, -0.2) is 21.4 Å². The lowest BCUT2D eigenvalue weighted by Gasteiger charge is -2.19. The van der Waals surface area contributed by atoms with Crippen LogP contribution < -0.4 is 5.32 Å². The largest absolute Gasteiger partial charge is 0.344 e. The number of carbonyl (C=O) groups is 1. The van der Waals surface area contributed by atoms with E-state index in [0.29, 0.717) is 27.2 Å². The third kappa shape index (κ3) is 5.28. The highest BCUT2D eigenvalue weighted by atomic mass is 79.9. The predicted octanol–water partition coefficient (Wildman–Crippen LogP) is 8.22. The van der Waals surface area contributed by atoms with Crippen molar-refractivity contribution < 1.29 is 4.79 Å². The molecule has 0 bridgehead atoms. The number of amides is 1. The normalized spacial score (nSPS) is 14.9. The standard InChI is InChI=1S/C28H22BrCl2N3OS/c1-17(19-5-3-2-4-6-19)32-28(35)26-23-16-36-15-20(13-18-7-9-21(29)10-8-18)27(23)34(33-26)25-12-11-22(30)14-24(25)31/h2-14,17H,15-16H2,1H3,(H,32,35)/t17-/m1/s1. The molecule has 0 saturated heterocycles. The van der Waals surface area contributed by atoms with Crippen molar-refractivity contribution in [3.63, 3.8) is 0 Å². The van der Waals surface area contributed by atoms with Gasteiger partial charge in [-0.1, -0.05) is 81.6 Å². The van der Waals surface area contributed by atoms with E-state index in [4.69, 9.17) is 28.3 Å². The Bertz CT molecular complexity index is 1450. The highest BCUT2D eigenvalue weighted by Gasteiger charge is 2.30. The molecule has 0 radical (unpaired) electrons. The number of rotatable bonds is 5. The SMILES string of the molecule is C[C@@H](NC(=O)c1nn(-c2ccc(Cl)cc2Cl)c2c1CSCC2=Cc1ccc(Br)cc1)c1ccccc1. The van der Waals surface area contributed by atoms with Crippen LogP contribution in [0.15, 0.2) is 77.3 Å². The number of aromatic nitrogens is 2. The van der Waals surface area contributed by atoms with E-state index in [2.05, 4.69) is 39.5 Å². The molecule has 8 heteroatoms. The zero-order valence-corrected chi connectivity index (χ0v) is 23.3. The van der Waals surface area contributed by atoms with Crippen molar-refractivity contribution in [1.82, 2.24) is 15.1 Å². The van der Waals surface area contributed by atoms with Gasteiger partial charge in [0, 0.05) is 26.6 Å². The summed E-state index contributed by atoms with van der Waals surface area (Å²) in [5, 5.41) is 8.95. The summed E-state index contributed by atoms with van der Waals surface area (Å²) in [7, 11) is 0. The van der Waals surface area contributed by atoms with Gasteiger partial charge in [0.15, 0.2) is 5.69 Å². The molecule has 0 saturated carbocycles. The fourth-order valence-electron chi connectivity index (χ4n) is 4.22. The minimum atomic E-state index is -0.211. The van der Waals surface area contributed by atoms with Gasteiger partial charge in [0.05, 0.1) is 22.4 Å². The molecule has 1 aromatic heterocycles. The molecule has 4 aromatic rings. The summed E-state index contributed by atoms with van der Waals surface area (Å²) in [6, 6.07) is 23.2. The predicted molar refractivity (Wildman–Crippen MR) is 154 cm³/mol. The van der Waals surface area contributed by atoms with Crippen LogP contribution in [-0.2, 0) is 5.75 Å². The molecule has 182 valence electrons. The summed E-state index contributed by atoms with van der Waals surface area (Å²) in [5.41, 5.74) is 6.08. The molecule has 1 N–H and O–H groups in total. The number of fused-ring (bicyclic) bond motifs is 1. The monoisotopic (exact) mass is 597 g/mol. The second kappa shape index (κ2) is 10.9. The number of nitrogens with one attached hydrogen (secondary N) is 1. The number of halogens is 3. The molecule has 0 fully saturated rings. The summed E-state index contributed by atoms with van der Waals surface area (Å²) in [4.78, 5) is 13.5. The lowest BCUT2D eigenvalue weighted by Crippen LogP contribution is -2.28. The van der Waals surface area contributed by atoms with E-state index in [1.54, 1.807) is 28.6 Å². The summed E-state index contributed by atoms with van der Waals surface area (Å²) < 4.78 is 2.81. The van der Waals surface area contributed by atoms with Gasteiger partial charge in [-0.3, -0.25) is 4.79 Å². The van der Waals surface area contributed by atoms with Crippen LogP contribution in [0.3, 0.4) is 0 Å². The Labute approximate surface area is 232 Å². The third-order valence-corrected chi connectivity index (χ3v) is 8.08. The average Bonchev–Trinajstić information content (AvgIpc) is 3.26. The summed E-state index contributed by atoms with van der Waals surface area (Å²) >= 11 is 18.0. The lowest BCUT2D eigenvalue weighted by atomic mass is 10.0. The van der Waals surface area contributed by atoms with Crippen LogP contribution in [0.1, 0.15) is 45.8 Å². The van der Waals surface area contributed by atoms with E-state index in [-0.39, 0.29) is 11.9 Å². The second-order valence-corrected chi connectivity index (χ2v) is 11.2. The van der Waals surface area contributed by atoms with Crippen molar-refractivity contribution in [2.75, 3.05) is 5.75 Å². The van der Waals surface area contributed by atoms with Crippen LogP contribution in [0, 0.1) is 0 Å². The topological polar surface area (TPSA) is 46.9 Å². The molecule has 4 nitrogen and oxygen atoms in total. The van der Waals surface area contributed by atoms with Crippen LogP contribution >= 0.6 is 50.9 Å². The molecular formula is C28H22BrCl2N3OS. The molecule has 0 unspecified atom stereocenters. The summed E-state index contributed by atoms with van der Waals surface area (Å²) in [6.07, 6.45) is 2.15. The van der Waals surface area contributed by atoms with Crippen molar-refractivity contribution >= 4 is 68.5 Å². The number of hydrogen-bond acceptors (Lipinski definition) is 3. The van der Waals surface area contributed by atoms with Gasteiger partial charge in [0.1, 0.15) is 0 Å². The van der Waals surface area contributed by atoms with Gasteiger partial charge in [-0.15, -0.1) is 0 Å². The maximum absolute atomic E-state index is 13.5. The van der Waals surface area contributed by atoms with Gasteiger partial charge in [0.25, 0.3) is 5.91 Å². The first-order chi connectivity index (χ1) is 17.4. The molecule has 3 aromatic carbocycles. The van der Waals surface area contributed by atoms with Crippen LogP contribution in [0.4, 0.5) is 0 Å². The Kier molecular flexibility index (Phi) is 7.58. The fraction of sp³-hybridized carbons (Fsp3) is 0.143. The Balaban J connectivity index is 1.61. The minimum absolute atomic E-state index is 0.160. The van der Waals surface area contributed by atoms with E-state index in [1.807, 2.05) is 55.5 Å². The summed E-state index contributed by atoms with van der Waals surface area (Å²) in [6.45, 7) is 1.97. The number of benzene rings is 3. The molecule has 5 rings (SSSR count). The van der Waals surface area contributed by atoms with Gasteiger partial charge in [-0.2, -0.15) is 16.9 Å². The second-order valence-electron chi connectivity index (χ2n) is 8.50. The van der Waals surface area contributed by atoms with Crippen molar-refractivity contribution in [2.45, 2.75) is 18.7 Å². The molecular weight excluding hydrogens is 577 g/mol. The molecule has 1 aliphatic heterocycles. The first kappa shape index (κ1) is 25.2. The minimum Gasteiger partial charge on any atom is -0.344 e. The van der Waals surface area contributed by atoms with Crippen molar-refractivity contribution in [3.05, 3.63) is 115 Å². The van der Waals surface area contributed by atoms with Crippen molar-refractivity contribution in [2.24, 2.45) is 0 Å². The maximum Gasteiger partial charge on any atom is 0.272 e. The number of hydrogen-bond donors (Lipinski definition) is 1. The van der Waals surface area contributed by atoms with E-state index in [0.717, 1.165) is 38.2 Å². The first-order valence-electron chi connectivity index (χ1n) is 11.4. The van der Waals surface area contributed by atoms with E-state index in [1.165, 1.54) is 0 Å². The quantitative estimate of drug-likeness (QED) is 0.252. The number of nitrogens with zero attached hydrogens (tertiary/aromatic N) is 2. The molecule has 0 spiro atoms.